The van der Waals surface area contributed by atoms with E-state index in [4.69, 9.17) is 9.85 Å². The van der Waals surface area contributed by atoms with Crippen LogP contribution in [0.25, 0.3) is 0 Å². The molecule has 0 aliphatic rings. The molecule has 0 aromatic rings. The molecule has 0 unspecified atom stereocenters. The zero-order chi connectivity index (χ0) is 10.3. The van der Waals surface area contributed by atoms with Gasteiger partial charge >= 0.3 is 6.09 Å². The Balaban J connectivity index is 3.13. The first-order valence-corrected chi connectivity index (χ1v) is 9.46. The van der Waals surface area contributed by atoms with Crippen molar-refractivity contribution in [2.24, 2.45) is 5.73 Å². The van der Waals surface area contributed by atoms with Crippen LogP contribution >= 0.6 is 0 Å². The van der Waals surface area contributed by atoms with Gasteiger partial charge in [0.15, 0.2) is 8.32 Å². The third-order valence-electron chi connectivity index (χ3n) is 1.32. The normalized spacial score (nSPS) is 12.2. The molecule has 0 atom stereocenters. The number of hydrogen-bond acceptors (Lipinski definition) is 3. The van der Waals surface area contributed by atoms with Gasteiger partial charge in [-0.25, -0.2) is 4.79 Å². The van der Waals surface area contributed by atoms with Crippen LogP contribution < -0.4 is 5.73 Å². The van der Waals surface area contributed by atoms with Crippen LogP contribution in [0.4, 0.5) is 4.79 Å². The third-order valence-corrected chi connectivity index (χ3v) is 6.39. The standard InChI is InChI=1S/C7H19NO3Si2/c1-13(2,3)11-12-6-4-5-10-7(8)9/h4-6,12H2,1-3H3,(H2,8,9). The topological polar surface area (TPSA) is 61.6 Å². The number of nitrogens with two attached hydrogens (primary N) is 1. The van der Waals surface area contributed by atoms with E-state index in [0.717, 1.165) is 12.5 Å². The van der Waals surface area contributed by atoms with Crippen molar-refractivity contribution in [2.45, 2.75) is 32.1 Å². The van der Waals surface area contributed by atoms with Crippen molar-refractivity contribution in [3.05, 3.63) is 0 Å². The molecule has 0 radical (unpaired) electrons. The molecule has 0 aliphatic heterocycles. The Morgan fingerprint density at radius 2 is 2.08 bits per heavy atom. The molecule has 2 N–H and O–H groups in total. The molecule has 0 fully saturated rings. The molecule has 4 nitrogen and oxygen atoms in total. The zero-order valence-corrected chi connectivity index (χ0v) is 11.0. The summed E-state index contributed by atoms with van der Waals surface area (Å²) < 4.78 is 10.3. The van der Waals surface area contributed by atoms with Crippen molar-refractivity contribution in [2.75, 3.05) is 6.61 Å². The van der Waals surface area contributed by atoms with Crippen LogP contribution in [-0.2, 0) is 8.85 Å². The monoisotopic (exact) mass is 221 g/mol. The Hall–Kier alpha value is -0.336. The van der Waals surface area contributed by atoms with Gasteiger partial charge in [-0.1, -0.05) is 0 Å². The van der Waals surface area contributed by atoms with E-state index in [2.05, 4.69) is 24.4 Å². The molecule has 0 aliphatic carbocycles. The van der Waals surface area contributed by atoms with E-state index in [9.17, 15) is 4.79 Å². The minimum absolute atomic E-state index is 0.408. The summed E-state index contributed by atoms with van der Waals surface area (Å²) in [5.74, 6) is 0. The molecule has 6 heteroatoms. The molecule has 78 valence electrons. The van der Waals surface area contributed by atoms with Crippen LogP contribution in [0.5, 0.6) is 0 Å². The smallest absolute Gasteiger partial charge is 0.404 e. The van der Waals surface area contributed by atoms with Gasteiger partial charge in [0.1, 0.15) is 9.76 Å². The van der Waals surface area contributed by atoms with Crippen LogP contribution in [-0.4, -0.2) is 30.8 Å². The van der Waals surface area contributed by atoms with Gasteiger partial charge in [-0.2, -0.15) is 0 Å². The number of carbonyl (C=O) groups excluding carboxylic acids is 1. The van der Waals surface area contributed by atoms with E-state index < -0.39 is 24.2 Å². The molecule has 0 saturated carbocycles. The molecular weight excluding hydrogens is 202 g/mol. The fourth-order valence-corrected chi connectivity index (χ4v) is 4.19. The number of ether oxygens (including phenoxy) is 1. The summed E-state index contributed by atoms with van der Waals surface area (Å²) in [6.45, 7) is 6.97. The van der Waals surface area contributed by atoms with Crippen molar-refractivity contribution >= 4 is 24.2 Å². The molecule has 0 spiro atoms. The maximum absolute atomic E-state index is 10.2. The average molecular weight is 221 g/mol. The van der Waals surface area contributed by atoms with Gasteiger partial charge in [0.05, 0.1) is 6.61 Å². The first-order valence-electron chi connectivity index (χ1n) is 4.48. The summed E-state index contributed by atoms with van der Waals surface area (Å²) in [7, 11) is -1.72. The summed E-state index contributed by atoms with van der Waals surface area (Å²) in [6, 6.07) is 1.05. The second-order valence-corrected chi connectivity index (χ2v) is 10.3. The number of primary amides is 1. The molecule has 0 bridgehead atoms. The van der Waals surface area contributed by atoms with E-state index in [1.807, 2.05) is 0 Å². The van der Waals surface area contributed by atoms with Crippen LogP contribution in [0.2, 0.25) is 25.7 Å². The molecule has 0 aromatic carbocycles. The Bertz CT molecular complexity index is 158. The lowest BCUT2D eigenvalue weighted by molar-refractivity contribution is 0.157. The number of amides is 1. The van der Waals surface area contributed by atoms with Gasteiger partial charge in [-0.15, -0.1) is 0 Å². The van der Waals surface area contributed by atoms with Gasteiger partial charge in [-0.3, -0.25) is 0 Å². The van der Waals surface area contributed by atoms with Gasteiger partial charge in [0.2, 0.25) is 0 Å². The maximum Gasteiger partial charge on any atom is 0.404 e. The lowest BCUT2D eigenvalue weighted by Gasteiger charge is -2.17. The van der Waals surface area contributed by atoms with Crippen molar-refractivity contribution in [3.63, 3.8) is 0 Å². The Morgan fingerprint density at radius 3 is 2.54 bits per heavy atom. The largest absolute Gasteiger partial charge is 0.461 e. The van der Waals surface area contributed by atoms with Crippen LogP contribution in [0.1, 0.15) is 6.42 Å². The highest BCUT2D eigenvalue weighted by Gasteiger charge is 2.12. The number of hydrogen-bond donors (Lipinski definition) is 1. The summed E-state index contributed by atoms with van der Waals surface area (Å²) in [4.78, 5) is 10.2. The summed E-state index contributed by atoms with van der Waals surface area (Å²) >= 11 is 0. The fraction of sp³-hybridized carbons (Fsp3) is 0.857. The highest BCUT2D eigenvalue weighted by molar-refractivity contribution is 6.73. The summed E-state index contributed by atoms with van der Waals surface area (Å²) in [5.41, 5.74) is 4.80. The van der Waals surface area contributed by atoms with Gasteiger partial charge < -0.3 is 14.6 Å². The van der Waals surface area contributed by atoms with Crippen molar-refractivity contribution in [3.8, 4) is 0 Å². The molecule has 0 rings (SSSR count). The predicted octanol–water partition coefficient (Wildman–Crippen LogP) is 0.825. The Kier molecular flexibility index (Phi) is 6.01. The fourth-order valence-electron chi connectivity index (χ4n) is 0.755. The van der Waals surface area contributed by atoms with E-state index in [1.165, 1.54) is 0 Å². The molecule has 1 amide bonds. The van der Waals surface area contributed by atoms with E-state index in [0.29, 0.717) is 6.61 Å². The third kappa shape index (κ3) is 11.7. The second kappa shape index (κ2) is 6.17. The molecular formula is C7H19NO3Si2. The highest BCUT2D eigenvalue weighted by Crippen LogP contribution is 2.02. The lowest BCUT2D eigenvalue weighted by atomic mass is 10.5. The zero-order valence-electron chi connectivity index (χ0n) is 8.63. The first kappa shape index (κ1) is 12.7. The Labute approximate surface area is 82.9 Å². The number of rotatable bonds is 6. The van der Waals surface area contributed by atoms with Crippen molar-refractivity contribution in [1.29, 1.82) is 0 Å². The minimum atomic E-state index is -1.31. The van der Waals surface area contributed by atoms with E-state index >= 15 is 0 Å². The van der Waals surface area contributed by atoms with Crippen molar-refractivity contribution < 1.29 is 13.6 Å². The van der Waals surface area contributed by atoms with E-state index in [-0.39, 0.29) is 0 Å². The Morgan fingerprint density at radius 1 is 1.46 bits per heavy atom. The van der Waals surface area contributed by atoms with Gasteiger partial charge in [0.25, 0.3) is 0 Å². The van der Waals surface area contributed by atoms with Crippen LogP contribution in [0.3, 0.4) is 0 Å². The maximum atomic E-state index is 10.2. The van der Waals surface area contributed by atoms with Gasteiger partial charge in [-0.05, 0) is 32.1 Å². The summed E-state index contributed by atoms with van der Waals surface area (Å²) in [5, 5.41) is 0. The second-order valence-electron chi connectivity index (χ2n) is 3.84. The van der Waals surface area contributed by atoms with Crippen LogP contribution in [0, 0.1) is 0 Å². The molecule has 13 heavy (non-hydrogen) atoms. The molecule has 0 saturated heterocycles. The van der Waals surface area contributed by atoms with Crippen LogP contribution in [0.15, 0.2) is 0 Å². The SMILES string of the molecule is C[Si](C)(C)O[SiH2]CCCOC(N)=O. The lowest BCUT2D eigenvalue weighted by Crippen LogP contribution is -2.27. The predicted molar refractivity (Wildman–Crippen MR) is 57.9 cm³/mol. The van der Waals surface area contributed by atoms with Crippen molar-refractivity contribution in [1.82, 2.24) is 0 Å². The molecule has 0 aromatic heterocycles. The average Bonchev–Trinajstić information content (AvgIpc) is 1.93. The molecule has 0 heterocycles. The highest BCUT2D eigenvalue weighted by atomic mass is 28.4. The van der Waals surface area contributed by atoms with Gasteiger partial charge in [0, 0.05) is 0 Å². The first-order chi connectivity index (χ1) is 5.92. The quantitative estimate of drug-likeness (QED) is 0.534. The van der Waals surface area contributed by atoms with E-state index in [1.54, 1.807) is 0 Å². The number of carbonyl (C=O) groups is 1. The summed E-state index contributed by atoms with van der Waals surface area (Å²) in [6.07, 6.45) is 0.187. The minimum Gasteiger partial charge on any atom is -0.461 e.